The Morgan fingerprint density at radius 2 is 2.09 bits per heavy atom. The van der Waals surface area contributed by atoms with Crippen LogP contribution in [0.25, 0.3) is 0 Å². The van der Waals surface area contributed by atoms with E-state index in [4.69, 9.17) is 9.47 Å². The van der Waals surface area contributed by atoms with Crippen LogP contribution in [0.1, 0.15) is 13.3 Å². The molecule has 0 aromatic rings. The molecule has 0 saturated carbocycles. The third-order valence-corrected chi connectivity index (χ3v) is 1.23. The van der Waals surface area contributed by atoms with E-state index in [2.05, 4.69) is 12.6 Å². The van der Waals surface area contributed by atoms with E-state index in [0.717, 1.165) is 13.0 Å². The largest absolute Gasteiger partial charge is 0.463 e. The molecule has 66 valence electrons. The van der Waals surface area contributed by atoms with E-state index in [9.17, 15) is 4.79 Å². The average Bonchev–Trinajstić information content (AvgIpc) is 2.04. The van der Waals surface area contributed by atoms with Crippen LogP contribution in [-0.2, 0) is 14.3 Å². The first-order valence-electron chi connectivity index (χ1n) is 3.65. The molecular weight excluding hydrogens is 164 g/mol. The summed E-state index contributed by atoms with van der Waals surface area (Å²) in [6.07, 6.45) is 0.987. The van der Waals surface area contributed by atoms with Crippen molar-refractivity contribution in [1.82, 2.24) is 0 Å². The van der Waals surface area contributed by atoms with Crippen molar-refractivity contribution in [1.29, 1.82) is 0 Å². The van der Waals surface area contributed by atoms with E-state index in [1.54, 1.807) is 0 Å². The molecule has 0 amide bonds. The maximum Gasteiger partial charge on any atom is 0.315 e. The molecule has 4 heteroatoms. The molecule has 0 spiro atoms. The van der Waals surface area contributed by atoms with Crippen LogP contribution in [0, 0.1) is 0 Å². The van der Waals surface area contributed by atoms with Crippen LogP contribution in [-0.4, -0.2) is 31.5 Å². The second-order valence-corrected chi connectivity index (χ2v) is 2.31. The average molecular weight is 178 g/mol. The van der Waals surface area contributed by atoms with E-state index >= 15 is 0 Å². The highest BCUT2D eigenvalue weighted by Crippen LogP contribution is 1.84. The van der Waals surface area contributed by atoms with Gasteiger partial charge in [0.15, 0.2) is 0 Å². The smallest absolute Gasteiger partial charge is 0.315 e. The lowest BCUT2D eigenvalue weighted by Crippen LogP contribution is -2.11. The molecule has 0 saturated heterocycles. The summed E-state index contributed by atoms with van der Waals surface area (Å²) >= 11 is 3.74. The Morgan fingerprint density at radius 3 is 2.64 bits per heavy atom. The molecule has 0 heterocycles. The van der Waals surface area contributed by atoms with Crippen molar-refractivity contribution in [2.75, 3.05) is 25.6 Å². The summed E-state index contributed by atoms with van der Waals surface area (Å²) in [6.45, 7) is 3.56. The predicted molar refractivity (Wildman–Crippen MR) is 45.9 cm³/mol. The monoisotopic (exact) mass is 178 g/mol. The number of hydrogen-bond acceptors (Lipinski definition) is 4. The molecule has 0 aromatic heterocycles. The molecule has 0 aliphatic heterocycles. The van der Waals surface area contributed by atoms with Gasteiger partial charge in [-0.2, -0.15) is 12.6 Å². The van der Waals surface area contributed by atoms with Crippen molar-refractivity contribution in [2.24, 2.45) is 0 Å². The van der Waals surface area contributed by atoms with Crippen LogP contribution in [0.4, 0.5) is 0 Å². The van der Waals surface area contributed by atoms with Crippen molar-refractivity contribution < 1.29 is 14.3 Å². The number of carbonyl (C=O) groups is 1. The summed E-state index contributed by atoms with van der Waals surface area (Å²) in [5.74, 6) is -0.165. The highest BCUT2D eigenvalue weighted by molar-refractivity contribution is 7.81. The minimum Gasteiger partial charge on any atom is -0.463 e. The van der Waals surface area contributed by atoms with Gasteiger partial charge in [-0.25, -0.2) is 0 Å². The Balaban J connectivity index is 2.95. The molecule has 0 rings (SSSR count). The minimum atomic E-state index is -0.298. The van der Waals surface area contributed by atoms with Gasteiger partial charge in [-0.15, -0.1) is 0 Å². The lowest BCUT2D eigenvalue weighted by Gasteiger charge is -2.02. The molecular formula is C7H14O3S. The Hall–Kier alpha value is -0.220. The maximum absolute atomic E-state index is 10.5. The molecule has 0 aliphatic carbocycles. The lowest BCUT2D eigenvalue weighted by atomic mass is 10.5. The summed E-state index contributed by atoms with van der Waals surface area (Å²) in [4.78, 5) is 10.5. The molecule has 0 aliphatic rings. The van der Waals surface area contributed by atoms with Gasteiger partial charge in [-0.1, -0.05) is 6.92 Å². The minimum absolute atomic E-state index is 0.133. The summed E-state index contributed by atoms with van der Waals surface area (Å²) < 4.78 is 9.77. The first-order valence-corrected chi connectivity index (χ1v) is 4.28. The number of carbonyl (C=O) groups excluding carboxylic acids is 1. The highest BCUT2D eigenvalue weighted by Gasteiger charge is 1.96. The van der Waals surface area contributed by atoms with Gasteiger partial charge >= 0.3 is 5.97 Å². The van der Waals surface area contributed by atoms with Gasteiger partial charge in [0.05, 0.1) is 12.4 Å². The third kappa shape index (κ3) is 7.68. The number of hydrogen-bond donors (Lipinski definition) is 1. The van der Waals surface area contributed by atoms with E-state index in [1.165, 1.54) is 0 Å². The van der Waals surface area contributed by atoms with Crippen molar-refractivity contribution in [3.05, 3.63) is 0 Å². The van der Waals surface area contributed by atoms with Crippen molar-refractivity contribution >= 4 is 18.6 Å². The Labute approximate surface area is 72.5 Å². The van der Waals surface area contributed by atoms with Crippen LogP contribution in [0.15, 0.2) is 0 Å². The fraction of sp³-hybridized carbons (Fsp3) is 0.857. The topological polar surface area (TPSA) is 35.5 Å². The molecule has 0 N–H and O–H groups in total. The fourth-order valence-electron chi connectivity index (χ4n) is 0.506. The first-order chi connectivity index (χ1) is 5.31. The van der Waals surface area contributed by atoms with Gasteiger partial charge in [0.25, 0.3) is 0 Å². The standard InChI is InChI=1S/C7H14O3S/c1-2-3-9-4-5-10-7(8)6-11/h11H,2-6H2,1H3. The van der Waals surface area contributed by atoms with Gasteiger partial charge in [0.1, 0.15) is 6.61 Å². The zero-order valence-electron chi connectivity index (χ0n) is 6.71. The molecule has 0 bridgehead atoms. The van der Waals surface area contributed by atoms with Crippen molar-refractivity contribution in [3.63, 3.8) is 0 Å². The van der Waals surface area contributed by atoms with Crippen molar-refractivity contribution in [2.45, 2.75) is 13.3 Å². The number of rotatable bonds is 6. The Morgan fingerprint density at radius 1 is 1.36 bits per heavy atom. The third-order valence-electron chi connectivity index (χ3n) is 0.968. The second kappa shape index (κ2) is 7.88. The van der Waals surface area contributed by atoms with Gasteiger partial charge in [-0.3, -0.25) is 4.79 Å². The van der Waals surface area contributed by atoms with Gasteiger partial charge in [-0.05, 0) is 6.42 Å². The highest BCUT2D eigenvalue weighted by atomic mass is 32.1. The summed E-state index contributed by atoms with van der Waals surface area (Å²) in [6, 6.07) is 0. The number of ether oxygens (including phenoxy) is 2. The lowest BCUT2D eigenvalue weighted by molar-refractivity contribution is -0.141. The maximum atomic E-state index is 10.5. The molecule has 0 unspecified atom stereocenters. The zero-order chi connectivity index (χ0) is 8.53. The fourth-order valence-corrected chi connectivity index (χ4v) is 0.598. The van der Waals surface area contributed by atoms with Crippen LogP contribution >= 0.6 is 12.6 Å². The normalized spacial score (nSPS) is 9.64. The second-order valence-electron chi connectivity index (χ2n) is 1.99. The van der Waals surface area contributed by atoms with E-state index in [0.29, 0.717) is 13.2 Å². The van der Waals surface area contributed by atoms with E-state index in [1.807, 2.05) is 6.92 Å². The zero-order valence-corrected chi connectivity index (χ0v) is 7.60. The molecule has 0 aromatic carbocycles. The van der Waals surface area contributed by atoms with Crippen LogP contribution in [0.3, 0.4) is 0 Å². The molecule has 11 heavy (non-hydrogen) atoms. The molecule has 3 nitrogen and oxygen atoms in total. The van der Waals surface area contributed by atoms with Gasteiger partial charge in [0.2, 0.25) is 0 Å². The van der Waals surface area contributed by atoms with Gasteiger partial charge in [0, 0.05) is 6.61 Å². The first kappa shape index (κ1) is 10.8. The van der Waals surface area contributed by atoms with Gasteiger partial charge < -0.3 is 9.47 Å². The summed E-state index contributed by atoms with van der Waals surface area (Å²) in [5, 5.41) is 0. The predicted octanol–water partition coefficient (Wildman–Crippen LogP) is 0.886. The Bertz CT molecular complexity index is 106. The SMILES string of the molecule is CCCOCCOC(=O)CS. The number of esters is 1. The summed E-state index contributed by atoms with van der Waals surface area (Å²) in [7, 11) is 0. The molecule has 0 radical (unpaired) electrons. The van der Waals surface area contributed by atoms with Crippen molar-refractivity contribution in [3.8, 4) is 0 Å². The van der Waals surface area contributed by atoms with Crippen LogP contribution < -0.4 is 0 Å². The molecule has 0 fully saturated rings. The number of thiol groups is 1. The van der Waals surface area contributed by atoms with Crippen LogP contribution in [0.2, 0.25) is 0 Å². The van der Waals surface area contributed by atoms with E-state index in [-0.39, 0.29) is 11.7 Å². The Kier molecular flexibility index (Phi) is 7.72. The quantitative estimate of drug-likeness (QED) is 0.372. The molecule has 0 atom stereocenters. The van der Waals surface area contributed by atoms with E-state index < -0.39 is 0 Å². The summed E-state index contributed by atoms with van der Waals surface area (Å²) in [5.41, 5.74) is 0. The van der Waals surface area contributed by atoms with Crippen LogP contribution in [0.5, 0.6) is 0 Å².